The summed E-state index contributed by atoms with van der Waals surface area (Å²) < 4.78 is 2.18. The molecular formula is C22H23N3O. The van der Waals surface area contributed by atoms with Crippen molar-refractivity contribution in [3.8, 4) is 5.69 Å². The molecule has 0 unspecified atom stereocenters. The second-order valence-corrected chi connectivity index (χ2v) is 6.28. The molecule has 1 heterocycles. The van der Waals surface area contributed by atoms with Crippen molar-refractivity contribution in [2.45, 2.75) is 26.7 Å². The molecule has 1 N–H and O–H groups in total. The molecule has 0 bridgehead atoms. The molecule has 3 aromatic rings. The fourth-order valence-corrected chi connectivity index (χ4v) is 3.02. The Morgan fingerprint density at radius 3 is 2.38 bits per heavy atom. The fourth-order valence-electron chi connectivity index (χ4n) is 3.02. The van der Waals surface area contributed by atoms with Gasteiger partial charge in [0.1, 0.15) is 0 Å². The zero-order valence-corrected chi connectivity index (χ0v) is 15.1. The van der Waals surface area contributed by atoms with Crippen LogP contribution in [0.2, 0.25) is 0 Å². The van der Waals surface area contributed by atoms with Gasteiger partial charge in [0, 0.05) is 29.1 Å². The van der Waals surface area contributed by atoms with Crippen molar-refractivity contribution in [3.05, 3.63) is 89.2 Å². The van der Waals surface area contributed by atoms with Gasteiger partial charge >= 0.3 is 0 Å². The van der Waals surface area contributed by atoms with E-state index in [1.165, 1.54) is 0 Å². The minimum Gasteiger partial charge on any atom is -0.318 e. The van der Waals surface area contributed by atoms with Gasteiger partial charge in [-0.1, -0.05) is 48.5 Å². The highest BCUT2D eigenvalue weighted by Crippen LogP contribution is 2.19. The first-order valence-electron chi connectivity index (χ1n) is 8.75. The van der Waals surface area contributed by atoms with Gasteiger partial charge in [0.2, 0.25) is 5.91 Å². The molecule has 0 saturated carbocycles. The van der Waals surface area contributed by atoms with Gasteiger partial charge in [-0.05, 0) is 44.0 Å². The van der Waals surface area contributed by atoms with Gasteiger partial charge in [-0.15, -0.1) is 0 Å². The van der Waals surface area contributed by atoms with E-state index in [0.29, 0.717) is 12.8 Å². The number of carbonyl (C=O) groups excluding carboxylic acids is 1. The average molecular weight is 345 g/mol. The van der Waals surface area contributed by atoms with Crippen LogP contribution in [-0.4, -0.2) is 16.7 Å². The molecule has 0 spiro atoms. The number of para-hydroxylation sites is 1. The Balaban J connectivity index is 1.61. The topological polar surface area (TPSA) is 46.4 Å². The van der Waals surface area contributed by atoms with Crippen LogP contribution in [0.3, 0.4) is 0 Å². The Morgan fingerprint density at radius 1 is 1.04 bits per heavy atom. The van der Waals surface area contributed by atoms with Crippen molar-refractivity contribution < 1.29 is 4.79 Å². The van der Waals surface area contributed by atoms with Crippen LogP contribution >= 0.6 is 0 Å². The zero-order chi connectivity index (χ0) is 18.4. The molecule has 2 aromatic carbocycles. The smallest absolute Gasteiger partial charge is 0.240 e. The number of aromatic nitrogens is 1. The van der Waals surface area contributed by atoms with E-state index < -0.39 is 0 Å². The SMILES string of the molecule is Cc1cc(/C=N\NC(=O)CCc2ccccc2)c(C)n1-c1ccccc1. The van der Waals surface area contributed by atoms with E-state index in [9.17, 15) is 4.79 Å². The second-order valence-electron chi connectivity index (χ2n) is 6.28. The van der Waals surface area contributed by atoms with Crippen LogP contribution in [0, 0.1) is 13.8 Å². The zero-order valence-electron chi connectivity index (χ0n) is 15.1. The molecule has 0 radical (unpaired) electrons. The predicted octanol–water partition coefficient (Wildman–Crippen LogP) is 4.18. The lowest BCUT2D eigenvalue weighted by Crippen LogP contribution is -2.17. The molecule has 4 nitrogen and oxygen atoms in total. The minimum atomic E-state index is -0.0815. The van der Waals surface area contributed by atoms with Gasteiger partial charge in [-0.25, -0.2) is 5.43 Å². The monoisotopic (exact) mass is 345 g/mol. The lowest BCUT2D eigenvalue weighted by Gasteiger charge is -2.08. The molecule has 0 aliphatic heterocycles. The summed E-state index contributed by atoms with van der Waals surface area (Å²) in [4.78, 5) is 12.0. The number of rotatable bonds is 6. The van der Waals surface area contributed by atoms with Crippen LogP contribution in [0.4, 0.5) is 0 Å². The van der Waals surface area contributed by atoms with E-state index in [0.717, 1.165) is 28.2 Å². The van der Waals surface area contributed by atoms with Gasteiger partial charge in [0.15, 0.2) is 0 Å². The molecule has 1 aromatic heterocycles. The number of hydrogen-bond acceptors (Lipinski definition) is 2. The summed E-state index contributed by atoms with van der Waals surface area (Å²) in [5.74, 6) is -0.0815. The van der Waals surface area contributed by atoms with Crippen molar-refractivity contribution in [3.63, 3.8) is 0 Å². The van der Waals surface area contributed by atoms with Gasteiger partial charge in [0.05, 0.1) is 6.21 Å². The van der Waals surface area contributed by atoms with Crippen LogP contribution in [0.5, 0.6) is 0 Å². The molecule has 0 saturated heterocycles. The maximum Gasteiger partial charge on any atom is 0.240 e. The van der Waals surface area contributed by atoms with Crippen molar-refractivity contribution in [2.75, 3.05) is 0 Å². The van der Waals surface area contributed by atoms with Crippen molar-refractivity contribution in [1.82, 2.24) is 9.99 Å². The summed E-state index contributed by atoms with van der Waals surface area (Å²) in [6, 6.07) is 22.3. The van der Waals surface area contributed by atoms with Gasteiger partial charge < -0.3 is 4.57 Å². The minimum absolute atomic E-state index is 0.0815. The molecule has 26 heavy (non-hydrogen) atoms. The molecule has 0 aliphatic rings. The highest BCUT2D eigenvalue weighted by atomic mass is 16.2. The number of nitrogens with one attached hydrogen (secondary N) is 1. The van der Waals surface area contributed by atoms with Crippen molar-refractivity contribution in [1.29, 1.82) is 0 Å². The van der Waals surface area contributed by atoms with Crippen LogP contribution < -0.4 is 5.43 Å². The van der Waals surface area contributed by atoms with E-state index in [-0.39, 0.29) is 5.91 Å². The van der Waals surface area contributed by atoms with E-state index in [1.54, 1.807) is 6.21 Å². The summed E-state index contributed by atoms with van der Waals surface area (Å²) >= 11 is 0. The van der Waals surface area contributed by atoms with Crippen LogP contribution in [0.1, 0.15) is 28.9 Å². The number of hydrazone groups is 1. The number of nitrogens with zero attached hydrogens (tertiary/aromatic N) is 2. The molecule has 1 amide bonds. The normalized spacial score (nSPS) is 11.0. The number of carbonyl (C=O) groups is 1. The van der Waals surface area contributed by atoms with Crippen LogP contribution in [0.25, 0.3) is 5.69 Å². The molecule has 4 heteroatoms. The lowest BCUT2D eigenvalue weighted by atomic mass is 10.1. The standard InChI is InChI=1S/C22H23N3O/c1-17-15-20(18(2)25(17)21-11-7-4-8-12-21)16-23-24-22(26)14-13-19-9-5-3-6-10-19/h3-12,15-16H,13-14H2,1-2H3,(H,24,26)/b23-16-. The quantitative estimate of drug-likeness (QED) is 0.529. The predicted molar refractivity (Wildman–Crippen MR) is 106 cm³/mol. The fraction of sp³-hybridized carbons (Fsp3) is 0.182. The largest absolute Gasteiger partial charge is 0.318 e. The highest BCUT2D eigenvalue weighted by Gasteiger charge is 2.09. The van der Waals surface area contributed by atoms with E-state index in [2.05, 4.69) is 47.1 Å². The molecular weight excluding hydrogens is 322 g/mol. The Hall–Kier alpha value is -3.14. The summed E-state index contributed by atoms with van der Waals surface area (Å²) in [5.41, 5.74) is 8.11. The maximum atomic E-state index is 12.0. The third kappa shape index (κ3) is 4.28. The third-order valence-corrected chi connectivity index (χ3v) is 4.36. The lowest BCUT2D eigenvalue weighted by molar-refractivity contribution is -0.121. The molecule has 0 aliphatic carbocycles. The van der Waals surface area contributed by atoms with Crippen LogP contribution in [0.15, 0.2) is 71.8 Å². The highest BCUT2D eigenvalue weighted by molar-refractivity contribution is 5.84. The molecule has 0 atom stereocenters. The van der Waals surface area contributed by atoms with Gasteiger partial charge in [-0.3, -0.25) is 4.79 Å². The summed E-state index contributed by atoms with van der Waals surface area (Å²) in [7, 11) is 0. The number of benzene rings is 2. The number of amides is 1. The van der Waals surface area contributed by atoms with E-state index >= 15 is 0 Å². The number of aryl methyl sites for hydroxylation is 2. The molecule has 132 valence electrons. The Bertz CT molecular complexity index is 896. The summed E-state index contributed by atoms with van der Waals surface area (Å²) in [6.45, 7) is 4.12. The Kier molecular flexibility index (Phi) is 5.64. The molecule has 3 rings (SSSR count). The summed E-state index contributed by atoms with van der Waals surface area (Å²) in [6.07, 6.45) is 2.84. The van der Waals surface area contributed by atoms with E-state index in [1.807, 2.05) is 48.5 Å². The average Bonchev–Trinajstić information content (AvgIpc) is 2.95. The Labute approximate surface area is 154 Å². The Morgan fingerprint density at radius 2 is 1.69 bits per heavy atom. The number of hydrogen-bond donors (Lipinski definition) is 1. The first kappa shape index (κ1) is 17.7. The maximum absolute atomic E-state index is 12.0. The molecule has 0 fully saturated rings. The second kappa shape index (κ2) is 8.30. The first-order chi connectivity index (χ1) is 12.6. The first-order valence-corrected chi connectivity index (χ1v) is 8.75. The van der Waals surface area contributed by atoms with E-state index in [4.69, 9.17) is 0 Å². The van der Waals surface area contributed by atoms with Crippen molar-refractivity contribution in [2.24, 2.45) is 5.10 Å². The van der Waals surface area contributed by atoms with Gasteiger partial charge in [0.25, 0.3) is 0 Å². The summed E-state index contributed by atoms with van der Waals surface area (Å²) in [5, 5.41) is 4.12. The van der Waals surface area contributed by atoms with Crippen LogP contribution in [-0.2, 0) is 11.2 Å². The van der Waals surface area contributed by atoms with Crippen molar-refractivity contribution >= 4 is 12.1 Å². The third-order valence-electron chi connectivity index (χ3n) is 4.36. The van der Waals surface area contributed by atoms with Gasteiger partial charge in [-0.2, -0.15) is 5.10 Å².